The molecule has 0 heterocycles. The average Bonchev–Trinajstić information content (AvgIpc) is 2.48. The maximum atomic E-state index is 12.0. The van der Waals surface area contributed by atoms with Gasteiger partial charge >= 0.3 is 0 Å². The summed E-state index contributed by atoms with van der Waals surface area (Å²) in [6.45, 7) is 0.565. The molecule has 0 radical (unpaired) electrons. The Hall–Kier alpha value is -1.55. The van der Waals surface area contributed by atoms with Gasteiger partial charge in [-0.2, -0.15) is 0 Å². The van der Waals surface area contributed by atoms with E-state index in [0.717, 1.165) is 49.8 Å². The second-order valence-electron chi connectivity index (χ2n) is 5.87. The third-order valence-electron chi connectivity index (χ3n) is 4.18. The molecule has 1 saturated carbocycles. The van der Waals surface area contributed by atoms with Crippen LogP contribution in [0.2, 0.25) is 0 Å². The van der Waals surface area contributed by atoms with Crippen molar-refractivity contribution in [2.75, 3.05) is 13.7 Å². The summed E-state index contributed by atoms with van der Waals surface area (Å²) < 4.78 is 5.29. The number of carbonyl (C=O) groups is 1. The van der Waals surface area contributed by atoms with Gasteiger partial charge in [0.25, 0.3) is 0 Å². The van der Waals surface area contributed by atoms with Crippen LogP contribution in [0.5, 0.6) is 5.75 Å². The first-order chi connectivity index (χ1) is 10.1. The summed E-state index contributed by atoms with van der Waals surface area (Å²) in [5, 5.41) is 13.3. The highest BCUT2D eigenvalue weighted by Crippen LogP contribution is 2.30. The fraction of sp³-hybridized carbons (Fsp3) is 0.588. The van der Waals surface area contributed by atoms with Crippen molar-refractivity contribution >= 4 is 5.91 Å². The van der Waals surface area contributed by atoms with Gasteiger partial charge < -0.3 is 15.2 Å². The molecule has 2 rings (SSSR count). The topological polar surface area (TPSA) is 58.6 Å². The molecule has 0 bridgehead atoms. The van der Waals surface area contributed by atoms with E-state index in [1.54, 1.807) is 7.11 Å². The molecular weight excluding hydrogens is 266 g/mol. The highest BCUT2D eigenvalue weighted by molar-refractivity contribution is 5.77. The van der Waals surface area contributed by atoms with Crippen molar-refractivity contribution in [1.29, 1.82) is 0 Å². The number of ether oxygens (including phenoxy) is 1. The SMILES string of the molecule is COc1ccccc1CCNC(=O)CC1(O)CCCCC1. The zero-order valence-electron chi connectivity index (χ0n) is 12.7. The summed E-state index contributed by atoms with van der Waals surface area (Å²) in [6, 6.07) is 7.81. The Morgan fingerprint density at radius 2 is 2.00 bits per heavy atom. The van der Waals surface area contributed by atoms with Crippen molar-refractivity contribution in [3.8, 4) is 5.75 Å². The van der Waals surface area contributed by atoms with Crippen LogP contribution in [-0.4, -0.2) is 30.3 Å². The quantitative estimate of drug-likeness (QED) is 0.846. The van der Waals surface area contributed by atoms with Crippen LogP contribution in [0.25, 0.3) is 0 Å². The molecule has 0 aliphatic heterocycles. The minimum Gasteiger partial charge on any atom is -0.496 e. The lowest BCUT2D eigenvalue weighted by Gasteiger charge is -2.31. The summed E-state index contributed by atoms with van der Waals surface area (Å²) in [7, 11) is 1.65. The molecule has 21 heavy (non-hydrogen) atoms. The van der Waals surface area contributed by atoms with Gasteiger partial charge in [-0.15, -0.1) is 0 Å². The van der Waals surface area contributed by atoms with Crippen molar-refractivity contribution in [3.63, 3.8) is 0 Å². The normalized spacial score (nSPS) is 17.2. The van der Waals surface area contributed by atoms with Gasteiger partial charge in [-0.3, -0.25) is 4.79 Å². The minimum absolute atomic E-state index is 0.0608. The van der Waals surface area contributed by atoms with E-state index in [9.17, 15) is 9.90 Å². The van der Waals surface area contributed by atoms with Crippen LogP contribution in [0.1, 0.15) is 44.1 Å². The molecule has 1 fully saturated rings. The molecule has 116 valence electrons. The van der Waals surface area contributed by atoms with E-state index in [1.807, 2.05) is 24.3 Å². The first-order valence-corrected chi connectivity index (χ1v) is 7.74. The molecule has 0 atom stereocenters. The van der Waals surface area contributed by atoms with E-state index in [4.69, 9.17) is 4.74 Å². The van der Waals surface area contributed by atoms with Gasteiger partial charge in [0.05, 0.1) is 19.1 Å². The van der Waals surface area contributed by atoms with Gasteiger partial charge in [0.15, 0.2) is 0 Å². The zero-order chi connectivity index (χ0) is 15.1. The lowest BCUT2D eigenvalue weighted by atomic mass is 9.82. The molecule has 1 aliphatic rings. The molecule has 1 aromatic rings. The summed E-state index contributed by atoms with van der Waals surface area (Å²) in [4.78, 5) is 12.0. The number of aliphatic hydroxyl groups is 1. The molecule has 0 saturated heterocycles. The smallest absolute Gasteiger partial charge is 0.222 e. The number of methoxy groups -OCH3 is 1. The Labute approximate surface area is 126 Å². The van der Waals surface area contributed by atoms with Crippen LogP contribution in [0.3, 0.4) is 0 Å². The van der Waals surface area contributed by atoms with Crippen LogP contribution in [-0.2, 0) is 11.2 Å². The lowest BCUT2D eigenvalue weighted by molar-refractivity contribution is -0.127. The molecule has 0 spiro atoms. The number of benzene rings is 1. The van der Waals surface area contributed by atoms with E-state index in [-0.39, 0.29) is 12.3 Å². The van der Waals surface area contributed by atoms with E-state index < -0.39 is 5.60 Å². The predicted molar refractivity (Wildman–Crippen MR) is 82.4 cm³/mol. The summed E-state index contributed by atoms with van der Waals surface area (Å²) in [5.41, 5.74) is 0.295. The average molecular weight is 291 g/mol. The third-order valence-corrected chi connectivity index (χ3v) is 4.18. The van der Waals surface area contributed by atoms with Gasteiger partial charge in [-0.25, -0.2) is 0 Å². The first kappa shape index (κ1) is 15.8. The van der Waals surface area contributed by atoms with E-state index in [2.05, 4.69) is 5.32 Å². The maximum absolute atomic E-state index is 12.0. The summed E-state index contributed by atoms with van der Waals surface area (Å²) >= 11 is 0. The third kappa shape index (κ3) is 4.74. The Bertz CT molecular complexity index is 467. The summed E-state index contributed by atoms with van der Waals surface area (Å²) in [5.74, 6) is 0.784. The number of carbonyl (C=O) groups excluding carboxylic acids is 1. The molecule has 1 aromatic carbocycles. The molecule has 1 aliphatic carbocycles. The van der Waals surface area contributed by atoms with Gasteiger partial charge in [-0.1, -0.05) is 37.5 Å². The Morgan fingerprint density at radius 1 is 1.29 bits per heavy atom. The van der Waals surface area contributed by atoms with Crippen LogP contribution >= 0.6 is 0 Å². The highest BCUT2D eigenvalue weighted by Gasteiger charge is 2.31. The second-order valence-corrected chi connectivity index (χ2v) is 5.87. The van der Waals surface area contributed by atoms with Crippen molar-refractivity contribution in [1.82, 2.24) is 5.32 Å². The van der Waals surface area contributed by atoms with Crippen LogP contribution in [0.4, 0.5) is 0 Å². The van der Waals surface area contributed by atoms with Crippen molar-refractivity contribution in [2.24, 2.45) is 0 Å². The molecule has 4 nitrogen and oxygen atoms in total. The molecule has 0 aromatic heterocycles. The first-order valence-electron chi connectivity index (χ1n) is 7.74. The fourth-order valence-corrected chi connectivity index (χ4v) is 2.99. The number of hydrogen-bond acceptors (Lipinski definition) is 3. The molecule has 2 N–H and O–H groups in total. The Balaban J connectivity index is 1.76. The number of amides is 1. The van der Waals surface area contributed by atoms with Gasteiger partial charge in [0.1, 0.15) is 5.75 Å². The van der Waals surface area contributed by atoms with Gasteiger partial charge in [0, 0.05) is 6.54 Å². The van der Waals surface area contributed by atoms with Gasteiger partial charge in [0.2, 0.25) is 5.91 Å². The lowest BCUT2D eigenvalue weighted by Crippen LogP contribution is -2.38. The van der Waals surface area contributed by atoms with Crippen molar-refractivity contribution in [3.05, 3.63) is 29.8 Å². The Kier molecular flexibility index (Phi) is 5.62. The second kappa shape index (κ2) is 7.46. The van der Waals surface area contributed by atoms with Gasteiger partial charge in [-0.05, 0) is 30.9 Å². The maximum Gasteiger partial charge on any atom is 0.222 e. The number of para-hydroxylation sites is 1. The highest BCUT2D eigenvalue weighted by atomic mass is 16.5. The fourth-order valence-electron chi connectivity index (χ4n) is 2.99. The molecule has 1 amide bonds. The number of hydrogen-bond donors (Lipinski definition) is 2. The van der Waals surface area contributed by atoms with E-state index >= 15 is 0 Å². The predicted octanol–water partition coefficient (Wildman–Crippen LogP) is 2.44. The van der Waals surface area contributed by atoms with Crippen molar-refractivity contribution in [2.45, 2.75) is 50.5 Å². The van der Waals surface area contributed by atoms with Crippen LogP contribution < -0.4 is 10.1 Å². The number of rotatable bonds is 6. The van der Waals surface area contributed by atoms with Crippen LogP contribution in [0.15, 0.2) is 24.3 Å². The molecule has 0 unspecified atom stereocenters. The minimum atomic E-state index is -0.785. The van der Waals surface area contributed by atoms with E-state index in [1.165, 1.54) is 0 Å². The summed E-state index contributed by atoms with van der Waals surface area (Å²) in [6.07, 6.45) is 5.64. The largest absolute Gasteiger partial charge is 0.496 e. The van der Waals surface area contributed by atoms with Crippen LogP contribution in [0, 0.1) is 0 Å². The molecular formula is C17H25NO3. The monoisotopic (exact) mass is 291 g/mol. The zero-order valence-corrected chi connectivity index (χ0v) is 12.7. The van der Waals surface area contributed by atoms with E-state index in [0.29, 0.717) is 6.54 Å². The molecule has 4 heteroatoms. The van der Waals surface area contributed by atoms with Crippen molar-refractivity contribution < 1.29 is 14.6 Å². The number of nitrogens with one attached hydrogen (secondary N) is 1. The standard InChI is InChI=1S/C17H25NO3/c1-21-15-8-4-3-7-14(15)9-12-18-16(19)13-17(20)10-5-2-6-11-17/h3-4,7-8,20H,2,5-6,9-13H2,1H3,(H,18,19). The Morgan fingerprint density at radius 3 is 2.71 bits per heavy atom.